The molecule has 1 aromatic carbocycles. The zero-order valence-corrected chi connectivity index (χ0v) is 10.6. The van der Waals surface area contributed by atoms with Crippen molar-refractivity contribution in [3.05, 3.63) is 28.8 Å². The van der Waals surface area contributed by atoms with Crippen LogP contribution in [0.15, 0.2) is 18.2 Å². The molecule has 0 N–H and O–H groups in total. The standard InChI is InChI=1S/C13H15ClN2O/c1-16(9-11-3-2-6-17-11)13-5-4-10(8-15)7-12(13)14/h4-5,7,11H,2-3,6,9H2,1H3. The predicted molar refractivity (Wildman–Crippen MR) is 68.4 cm³/mol. The van der Waals surface area contributed by atoms with Crippen LogP contribution < -0.4 is 4.90 Å². The molecule has 0 aromatic heterocycles. The number of rotatable bonds is 3. The summed E-state index contributed by atoms with van der Waals surface area (Å²) in [5.74, 6) is 0. The lowest BCUT2D eigenvalue weighted by Gasteiger charge is -2.23. The first-order chi connectivity index (χ1) is 8.20. The Morgan fingerprint density at radius 3 is 3.00 bits per heavy atom. The summed E-state index contributed by atoms with van der Waals surface area (Å²) in [5, 5.41) is 9.39. The van der Waals surface area contributed by atoms with Crippen LogP contribution in [0, 0.1) is 11.3 Å². The topological polar surface area (TPSA) is 36.3 Å². The minimum atomic E-state index is 0.298. The first-order valence-electron chi connectivity index (χ1n) is 5.73. The summed E-state index contributed by atoms with van der Waals surface area (Å²) >= 11 is 6.15. The highest BCUT2D eigenvalue weighted by Gasteiger charge is 2.18. The van der Waals surface area contributed by atoms with Gasteiger partial charge in [0.25, 0.3) is 0 Å². The summed E-state index contributed by atoms with van der Waals surface area (Å²) in [4.78, 5) is 2.08. The maximum atomic E-state index is 8.78. The van der Waals surface area contributed by atoms with Gasteiger partial charge in [0.1, 0.15) is 0 Å². The fraction of sp³-hybridized carbons (Fsp3) is 0.462. The minimum Gasteiger partial charge on any atom is -0.376 e. The molecule has 0 spiro atoms. The summed E-state index contributed by atoms with van der Waals surface area (Å²) in [6.07, 6.45) is 2.55. The lowest BCUT2D eigenvalue weighted by molar-refractivity contribution is 0.116. The molecule has 1 heterocycles. The molecule has 1 unspecified atom stereocenters. The molecule has 1 fully saturated rings. The van der Waals surface area contributed by atoms with Crippen molar-refractivity contribution in [3.8, 4) is 6.07 Å². The lowest BCUT2D eigenvalue weighted by atomic mass is 10.2. The van der Waals surface area contributed by atoms with Crippen LogP contribution in [-0.2, 0) is 4.74 Å². The molecule has 0 amide bonds. The second-order valence-electron chi connectivity index (χ2n) is 4.29. The first kappa shape index (κ1) is 12.2. The molecule has 90 valence electrons. The summed E-state index contributed by atoms with van der Waals surface area (Å²) in [5.41, 5.74) is 1.53. The number of benzene rings is 1. The molecule has 3 nitrogen and oxygen atoms in total. The molecular formula is C13H15ClN2O. The number of nitriles is 1. The smallest absolute Gasteiger partial charge is 0.0992 e. The number of hydrogen-bond acceptors (Lipinski definition) is 3. The van der Waals surface area contributed by atoms with E-state index in [2.05, 4.69) is 11.0 Å². The number of ether oxygens (including phenoxy) is 1. The molecule has 0 aliphatic carbocycles. The Labute approximate surface area is 107 Å². The van der Waals surface area contributed by atoms with Crippen molar-refractivity contribution in [1.82, 2.24) is 0 Å². The maximum Gasteiger partial charge on any atom is 0.0992 e. The second-order valence-corrected chi connectivity index (χ2v) is 4.70. The first-order valence-corrected chi connectivity index (χ1v) is 6.11. The van der Waals surface area contributed by atoms with Gasteiger partial charge < -0.3 is 9.64 Å². The third-order valence-electron chi connectivity index (χ3n) is 2.99. The summed E-state index contributed by atoms with van der Waals surface area (Å²) in [7, 11) is 1.99. The van der Waals surface area contributed by atoms with Crippen LogP contribution in [0.2, 0.25) is 5.02 Å². The quantitative estimate of drug-likeness (QED) is 0.828. The Morgan fingerprint density at radius 2 is 2.41 bits per heavy atom. The average molecular weight is 251 g/mol. The van der Waals surface area contributed by atoms with Crippen molar-refractivity contribution < 1.29 is 4.74 Å². The Balaban J connectivity index is 2.08. The molecule has 1 aliphatic heterocycles. The van der Waals surface area contributed by atoms with E-state index in [4.69, 9.17) is 21.6 Å². The molecule has 0 bridgehead atoms. The zero-order chi connectivity index (χ0) is 12.3. The third kappa shape index (κ3) is 2.91. The SMILES string of the molecule is CN(CC1CCCO1)c1ccc(C#N)cc1Cl. The van der Waals surface area contributed by atoms with Crippen LogP contribution in [0.25, 0.3) is 0 Å². The Kier molecular flexibility index (Phi) is 3.88. The van der Waals surface area contributed by atoms with Crippen molar-refractivity contribution in [1.29, 1.82) is 5.26 Å². The van der Waals surface area contributed by atoms with Gasteiger partial charge in [0, 0.05) is 20.2 Å². The van der Waals surface area contributed by atoms with Gasteiger partial charge in [-0.2, -0.15) is 5.26 Å². The molecule has 4 heteroatoms. The van der Waals surface area contributed by atoms with Gasteiger partial charge >= 0.3 is 0 Å². The van der Waals surface area contributed by atoms with Crippen LogP contribution in [-0.4, -0.2) is 26.3 Å². The fourth-order valence-electron chi connectivity index (χ4n) is 2.08. The fourth-order valence-corrected chi connectivity index (χ4v) is 2.40. The van der Waals surface area contributed by atoms with E-state index in [0.29, 0.717) is 16.7 Å². The van der Waals surface area contributed by atoms with Crippen molar-refractivity contribution in [2.75, 3.05) is 25.1 Å². The van der Waals surface area contributed by atoms with E-state index in [1.165, 1.54) is 0 Å². The minimum absolute atomic E-state index is 0.298. The van der Waals surface area contributed by atoms with E-state index in [0.717, 1.165) is 31.7 Å². The van der Waals surface area contributed by atoms with E-state index in [-0.39, 0.29) is 0 Å². The highest BCUT2D eigenvalue weighted by molar-refractivity contribution is 6.33. The summed E-state index contributed by atoms with van der Waals surface area (Å²) in [6.45, 7) is 1.70. The highest BCUT2D eigenvalue weighted by Crippen LogP contribution is 2.27. The van der Waals surface area contributed by atoms with Crippen LogP contribution in [0.3, 0.4) is 0 Å². The number of nitrogens with zero attached hydrogens (tertiary/aromatic N) is 2. The molecule has 1 atom stereocenters. The number of hydrogen-bond donors (Lipinski definition) is 0. The van der Waals surface area contributed by atoms with Crippen LogP contribution in [0.1, 0.15) is 18.4 Å². The Morgan fingerprint density at radius 1 is 1.59 bits per heavy atom. The molecule has 0 radical (unpaired) electrons. The molecule has 1 aliphatic rings. The summed E-state index contributed by atoms with van der Waals surface area (Å²) in [6, 6.07) is 7.45. The molecule has 1 saturated heterocycles. The van der Waals surface area contributed by atoms with Crippen molar-refractivity contribution in [2.24, 2.45) is 0 Å². The zero-order valence-electron chi connectivity index (χ0n) is 9.82. The molecular weight excluding hydrogens is 236 g/mol. The van der Waals surface area contributed by atoms with Gasteiger partial charge in [-0.25, -0.2) is 0 Å². The van der Waals surface area contributed by atoms with Gasteiger partial charge in [-0.1, -0.05) is 11.6 Å². The van der Waals surface area contributed by atoms with E-state index in [1.54, 1.807) is 12.1 Å². The number of anilines is 1. The van der Waals surface area contributed by atoms with E-state index in [9.17, 15) is 0 Å². The maximum absolute atomic E-state index is 8.78. The lowest BCUT2D eigenvalue weighted by Crippen LogP contribution is -2.28. The largest absolute Gasteiger partial charge is 0.376 e. The Bertz CT molecular complexity index is 436. The van der Waals surface area contributed by atoms with Gasteiger partial charge in [0.05, 0.1) is 28.4 Å². The normalized spacial score (nSPS) is 19.0. The van der Waals surface area contributed by atoms with Crippen LogP contribution in [0.4, 0.5) is 5.69 Å². The molecule has 17 heavy (non-hydrogen) atoms. The van der Waals surface area contributed by atoms with E-state index < -0.39 is 0 Å². The number of halogens is 1. The molecule has 2 rings (SSSR count). The summed E-state index contributed by atoms with van der Waals surface area (Å²) < 4.78 is 5.59. The second kappa shape index (κ2) is 5.39. The van der Waals surface area contributed by atoms with Gasteiger partial charge in [-0.3, -0.25) is 0 Å². The van der Waals surface area contributed by atoms with Gasteiger partial charge in [0.15, 0.2) is 0 Å². The van der Waals surface area contributed by atoms with Crippen molar-refractivity contribution in [2.45, 2.75) is 18.9 Å². The molecule has 1 aromatic rings. The van der Waals surface area contributed by atoms with Crippen LogP contribution >= 0.6 is 11.6 Å². The van der Waals surface area contributed by atoms with Crippen LogP contribution in [0.5, 0.6) is 0 Å². The number of likely N-dealkylation sites (N-methyl/N-ethyl adjacent to an activating group) is 1. The van der Waals surface area contributed by atoms with Crippen molar-refractivity contribution >= 4 is 17.3 Å². The van der Waals surface area contributed by atoms with Gasteiger partial charge in [-0.15, -0.1) is 0 Å². The van der Waals surface area contributed by atoms with E-state index in [1.807, 2.05) is 13.1 Å². The predicted octanol–water partition coefficient (Wildman–Crippen LogP) is 2.83. The van der Waals surface area contributed by atoms with E-state index >= 15 is 0 Å². The van der Waals surface area contributed by atoms with Gasteiger partial charge in [-0.05, 0) is 31.0 Å². The van der Waals surface area contributed by atoms with Crippen molar-refractivity contribution in [3.63, 3.8) is 0 Å². The van der Waals surface area contributed by atoms with Gasteiger partial charge in [0.2, 0.25) is 0 Å². The average Bonchev–Trinajstić information content (AvgIpc) is 2.81. The third-order valence-corrected chi connectivity index (χ3v) is 3.29. The highest BCUT2D eigenvalue weighted by atomic mass is 35.5. The monoisotopic (exact) mass is 250 g/mol. The molecule has 0 saturated carbocycles. The Hall–Kier alpha value is -1.24.